The fourth-order valence-electron chi connectivity index (χ4n) is 2.42. The van der Waals surface area contributed by atoms with E-state index in [2.05, 4.69) is 15.2 Å². The molecule has 25 heavy (non-hydrogen) atoms. The zero-order chi connectivity index (χ0) is 18.2. The number of hydrogen-bond donors (Lipinski definition) is 2. The summed E-state index contributed by atoms with van der Waals surface area (Å²) in [6, 6.07) is 9.98. The molecule has 0 aliphatic carbocycles. The molecule has 0 bridgehead atoms. The van der Waals surface area contributed by atoms with Crippen LogP contribution >= 0.6 is 0 Å². The van der Waals surface area contributed by atoms with Crippen LogP contribution in [0.4, 0.5) is 11.6 Å². The van der Waals surface area contributed by atoms with Crippen molar-refractivity contribution < 1.29 is 17.7 Å². The van der Waals surface area contributed by atoms with Gasteiger partial charge in [0, 0.05) is 23.6 Å². The molecule has 0 spiro atoms. The van der Waals surface area contributed by atoms with Crippen molar-refractivity contribution >= 4 is 38.3 Å². The molecule has 0 fully saturated rings. The van der Waals surface area contributed by atoms with Crippen LogP contribution in [0.5, 0.6) is 0 Å². The Morgan fingerprint density at radius 3 is 2.56 bits per heavy atom. The molecule has 0 aliphatic rings. The van der Waals surface area contributed by atoms with Crippen LogP contribution in [-0.2, 0) is 14.8 Å². The number of hydrogen-bond acceptors (Lipinski definition) is 5. The summed E-state index contributed by atoms with van der Waals surface area (Å²) in [6.45, 7) is 4.88. The van der Waals surface area contributed by atoms with Crippen molar-refractivity contribution in [2.75, 3.05) is 10.0 Å². The molecule has 1 heterocycles. The van der Waals surface area contributed by atoms with E-state index >= 15 is 0 Å². The number of anilines is 2. The van der Waals surface area contributed by atoms with Gasteiger partial charge < -0.3 is 9.84 Å². The minimum absolute atomic E-state index is 0.0911. The van der Waals surface area contributed by atoms with Gasteiger partial charge in [0.2, 0.25) is 11.8 Å². The van der Waals surface area contributed by atoms with Gasteiger partial charge in [-0.3, -0.25) is 4.79 Å². The van der Waals surface area contributed by atoms with E-state index in [0.29, 0.717) is 22.3 Å². The lowest BCUT2D eigenvalue weighted by molar-refractivity contribution is -0.114. The number of fused-ring (bicyclic) bond motifs is 1. The summed E-state index contributed by atoms with van der Waals surface area (Å²) in [7, 11) is -3.82. The summed E-state index contributed by atoms with van der Waals surface area (Å²) in [4.78, 5) is 11.4. The number of carbonyl (C=O) groups is 1. The van der Waals surface area contributed by atoms with Crippen molar-refractivity contribution in [3.63, 3.8) is 0 Å². The molecule has 7 nitrogen and oxygen atoms in total. The van der Waals surface area contributed by atoms with Crippen molar-refractivity contribution in [3.8, 4) is 0 Å². The maximum Gasteiger partial charge on any atom is 0.264 e. The lowest BCUT2D eigenvalue weighted by Gasteiger charge is -2.10. The summed E-state index contributed by atoms with van der Waals surface area (Å²) in [5.74, 6) is -0.0911. The normalized spacial score (nSPS) is 11.5. The van der Waals surface area contributed by atoms with Gasteiger partial charge in [-0.15, -0.1) is 0 Å². The Morgan fingerprint density at radius 2 is 1.92 bits per heavy atom. The van der Waals surface area contributed by atoms with Crippen LogP contribution in [0.25, 0.3) is 10.8 Å². The van der Waals surface area contributed by atoms with Crippen molar-refractivity contribution in [3.05, 3.63) is 47.7 Å². The highest BCUT2D eigenvalue weighted by molar-refractivity contribution is 7.92. The van der Waals surface area contributed by atoms with Crippen LogP contribution in [0.15, 0.2) is 45.8 Å². The third-order valence-electron chi connectivity index (χ3n) is 3.86. The zero-order valence-electron chi connectivity index (χ0n) is 14.0. The third-order valence-corrected chi connectivity index (χ3v) is 5.19. The second-order valence-electron chi connectivity index (χ2n) is 5.70. The van der Waals surface area contributed by atoms with Crippen LogP contribution in [-0.4, -0.2) is 19.5 Å². The van der Waals surface area contributed by atoms with Crippen LogP contribution in [0, 0.1) is 13.8 Å². The summed E-state index contributed by atoms with van der Waals surface area (Å²) in [5.41, 5.74) is 1.89. The molecule has 0 radical (unpaired) electrons. The number of sulfonamides is 1. The minimum atomic E-state index is -3.82. The van der Waals surface area contributed by atoms with Gasteiger partial charge in [0.15, 0.2) is 0 Å². The van der Waals surface area contributed by atoms with Crippen molar-refractivity contribution in [1.29, 1.82) is 0 Å². The first-order chi connectivity index (χ1) is 11.8. The van der Waals surface area contributed by atoms with Gasteiger partial charge in [0.1, 0.15) is 0 Å². The Labute approximate surface area is 145 Å². The third kappa shape index (κ3) is 3.34. The van der Waals surface area contributed by atoms with Crippen molar-refractivity contribution in [2.45, 2.75) is 25.7 Å². The maximum absolute atomic E-state index is 12.6. The lowest BCUT2D eigenvalue weighted by Crippen LogP contribution is -2.13. The Morgan fingerprint density at radius 1 is 1.16 bits per heavy atom. The van der Waals surface area contributed by atoms with Crippen LogP contribution in [0.3, 0.4) is 0 Å². The number of aromatic nitrogens is 1. The SMILES string of the molecule is CC(=O)Nc1cccc2cc(S(=O)(=O)Nc3onc(C)c3C)ccc12. The summed E-state index contributed by atoms with van der Waals surface area (Å²) in [6.07, 6.45) is 0. The zero-order valence-corrected chi connectivity index (χ0v) is 14.8. The smallest absolute Gasteiger partial charge is 0.264 e. The van der Waals surface area contributed by atoms with Crippen molar-refractivity contribution in [2.24, 2.45) is 0 Å². The van der Waals surface area contributed by atoms with E-state index in [-0.39, 0.29) is 16.7 Å². The molecular formula is C17H17N3O4S. The van der Waals surface area contributed by atoms with Gasteiger partial charge in [-0.2, -0.15) is 0 Å². The fourth-order valence-corrected chi connectivity index (χ4v) is 3.50. The van der Waals surface area contributed by atoms with Gasteiger partial charge in [-0.1, -0.05) is 23.4 Å². The predicted molar refractivity (Wildman–Crippen MR) is 95.0 cm³/mol. The lowest BCUT2D eigenvalue weighted by atomic mass is 10.1. The first-order valence-electron chi connectivity index (χ1n) is 7.54. The molecule has 1 aromatic heterocycles. The van der Waals surface area contributed by atoms with Gasteiger partial charge in [-0.25, -0.2) is 13.1 Å². The number of nitrogens with zero attached hydrogens (tertiary/aromatic N) is 1. The molecule has 130 valence electrons. The van der Waals surface area contributed by atoms with Gasteiger partial charge in [0.25, 0.3) is 10.0 Å². The number of nitrogens with one attached hydrogen (secondary N) is 2. The Kier molecular flexibility index (Phi) is 4.22. The summed E-state index contributed by atoms with van der Waals surface area (Å²) >= 11 is 0. The molecule has 2 N–H and O–H groups in total. The molecule has 2 aromatic carbocycles. The standard InChI is InChI=1S/C17H17N3O4S/c1-10-11(2)19-24-17(10)20-25(22,23)14-7-8-15-13(9-14)5-4-6-16(15)18-12(3)21/h4-9,20H,1-3H3,(H,18,21). The van der Waals surface area contributed by atoms with Crippen molar-refractivity contribution in [1.82, 2.24) is 5.16 Å². The average molecular weight is 359 g/mol. The molecule has 0 unspecified atom stereocenters. The van der Waals surface area contributed by atoms with Crippen LogP contribution in [0.1, 0.15) is 18.2 Å². The number of benzene rings is 2. The van der Waals surface area contributed by atoms with E-state index in [1.165, 1.54) is 13.0 Å². The second-order valence-corrected chi connectivity index (χ2v) is 7.38. The van der Waals surface area contributed by atoms with Crippen LogP contribution < -0.4 is 10.0 Å². The second kappa shape index (κ2) is 6.21. The molecular weight excluding hydrogens is 342 g/mol. The molecule has 8 heteroatoms. The van der Waals surface area contributed by atoms with E-state index in [0.717, 1.165) is 5.39 Å². The Bertz CT molecular complexity index is 1070. The largest absolute Gasteiger partial charge is 0.337 e. The molecule has 0 aliphatic heterocycles. The fraction of sp³-hybridized carbons (Fsp3) is 0.176. The first-order valence-corrected chi connectivity index (χ1v) is 9.02. The number of rotatable bonds is 4. The topological polar surface area (TPSA) is 101 Å². The molecule has 0 saturated heterocycles. The Hall–Kier alpha value is -2.87. The van der Waals surface area contributed by atoms with E-state index in [4.69, 9.17) is 4.52 Å². The van der Waals surface area contributed by atoms with E-state index in [1.807, 2.05) is 0 Å². The molecule has 0 saturated carbocycles. The first kappa shape index (κ1) is 17.0. The number of carbonyl (C=O) groups excluding carboxylic acids is 1. The van der Waals surface area contributed by atoms with Gasteiger partial charge >= 0.3 is 0 Å². The molecule has 1 amide bonds. The number of amides is 1. The minimum Gasteiger partial charge on any atom is -0.337 e. The average Bonchev–Trinajstić information content (AvgIpc) is 2.86. The van der Waals surface area contributed by atoms with E-state index < -0.39 is 10.0 Å². The monoisotopic (exact) mass is 359 g/mol. The molecule has 3 aromatic rings. The molecule has 3 rings (SSSR count). The summed E-state index contributed by atoms with van der Waals surface area (Å²) < 4.78 is 32.6. The predicted octanol–water partition coefficient (Wildman–Crippen LogP) is 3.20. The van der Waals surface area contributed by atoms with Gasteiger partial charge in [0.05, 0.1) is 10.6 Å². The highest BCUT2D eigenvalue weighted by Gasteiger charge is 2.19. The van der Waals surface area contributed by atoms with E-state index in [9.17, 15) is 13.2 Å². The highest BCUT2D eigenvalue weighted by atomic mass is 32.2. The quantitative estimate of drug-likeness (QED) is 0.745. The molecule has 0 atom stereocenters. The maximum atomic E-state index is 12.6. The van der Waals surface area contributed by atoms with Gasteiger partial charge in [-0.05, 0) is 37.4 Å². The van der Waals surface area contributed by atoms with E-state index in [1.54, 1.807) is 44.2 Å². The van der Waals surface area contributed by atoms with Crippen LogP contribution in [0.2, 0.25) is 0 Å². The number of aryl methyl sites for hydroxylation is 1. The Balaban J connectivity index is 2.01. The summed E-state index contributed by atoms with van der Waals surface area (Å²) in [5, 5.41) is 7.92. The highest BCUT2D eigenvalue weighted by Crippen LogP contribution is 2.27.